The average Bonchev–Trinajstić information content (AvgIpc) is 2.56. The number of hydrogen-bond acceptors (Lipinski definition) is 3. The molecule has 1 N–H and O–H groups in total. The van der Waals surface area contributed by atoms with Crippen LogP contribution in [0.2, 0.25) is 0 Å². The number of piperazine rings is 1. The summed E-state index contributed by atoms with van der Waals surface area (Å²) in [5, 5.41) is 3.25. The van der Waals surface area contributed by atoms with Crippen molar-refractivity contribution in [2.45, 2.75) is 19.3 Å². The van der Waals surface area contributed by atoms with Crippen LogP contribution in [-0.4, -0.2) is 55.2 Å². The molecule has 0 unspecified atom stereocenters. The molecule has 0 aromatic carbocycles. The molecule has 3 rings (SSSR count). The second kappa shape index (κ2) is 6.07. The fourth-order valence-electron chi connectivity index (χ4n) is 3.43. The Hall–Kier alpha value is -1.53. The number of nitrogens with zero attached hydrogens (tertiary/aromatic N) is 3. The van der Waals surface area contributed by atoms with E-state index < -0.39 is 0 Å². The normalized spacial score (nSPS) is 22.0. The van der Waals surface area contributed by atoms with Gasteiger partial charge in [-0.1, -0.05) is 0 Å². The summed E-state index contributed by atoms with van der Waals surface area (Å²) in [6, 6.07) is 1.71. The van der Waals surface area contributed by atoms with Crippen LogP contribution < -0.4 is 9.80 Å². The Bertz CT molecular complexity index is 510. The molecule has 2 saturated heterocycles. The molecular formula is C15H22FN4O+. The maximum Gasteiger partial charge on any atom is 0.424 e. The lowest BCUT2D eigenvalue weighted by molar-refractivity contribution is 0.137. The monoisotopic (exact) mass is 293 g/mol. The molecule has 0 atom stereocenters. The molecule has 5 nitrogen and oxygen atoms in total. The van der Waals surface area contributed by atoms with Gasteiger partial charge in [-0.3, -0.25) is 9.88 Å². The van der Waals surface area contributed by atoms with E-state index in [1.165, 1.54) is 6.20 Å². The standard InChI is InChI=1S/C15H22FN4O/c16-13-12-18-5-4-14(13)20(10-2-1-3-11-20)15(21)19-8-6-17-7-9-19/h4-5,12,17H,1-3,6-11H2/q+1. The van der Waals surface area contributed by atoms with Crippen LogP contribution in [0, 0.1) is 5.82 Å². The maximum absolute atomic E-state index is 14.3. The summed E-state index contributed by atoms with van der Waals surface area (Å²) in [7, 11) is 0. The van der Waals surface area contributed by atoms with Crippen LogP contribution in [-0.2, 0) is 0 Å². The van der Waals surface area contributed by atoms with Crippen LogP contribution in [0.25, 0.3) is 0 Å². The molecule has 3 heterocycles. The van der Waals surface area contributed by atoms with E-state index in [9.17, 15) is 9.18 Å². The number of aromatic nitrogens is 1. The lowest BCUT2D eigenvalue weighted by Crippen LogP contribution is -2.64. The van der Waals surface area contributed by atoms with Gasteiger partial charge in [0.05, 0.1) is 19.3 Å². The van der Waals surface area contributed by atoms with Crippen LogP contribution in [0.1, 0.15) is 19.3 Å². The summed E-state index contributed by atoms with van der Waals surface area (Å²) in [6.45, 7) is 4.39. The second-order valence-electron chi connectivity index (χ2n) is 5.82. The van der Waals surface area contributed by atoms with Crippen LogP contribution in [0.5, 0.6) is 0 Å². The zero-order valence-electron chi connectivity index (χ0n) is 12.2. The van der Waals surface area contributed by atoms with Gasteiger partial charge in [0.2, 0.25) is 5.82 Å². The first-order chi connectivity index (χ1) is 10.2. The summed E-state index contributed by atoms with van der Waals surface area (Å²) in [6.07, 6.45) is 5.83. The first-order valence-corrected chi connectivity index (χ1v) is 7.71. The van der Waals surface area contributed by atoms with E-state index in [1.54, 1.807) is 12.3 Å². The Morgan fingerprint density at radius 3 is 2.62 bits per heavy atom. The molecule has 0 saturated carbocycles. The molecule has 0 radical (unpaired) electrons. The number of quaternary nitrogens is 1. The zero-order valence-corrected chi connectivity index (χ0v) is 12.2. The summed E-state index contributed by atoms with van der Waals surface area (Å²) < 4.78 is 14.4. The van der Waals surface area contributed by atoms with Gasteiger partial charge in [-0.25, -0.2) is 9.28 Å². The van der Waals surface area contributed by atoms with E-state index in [4.69, 9.17) is 0 Å². The van der Waals surface area contributed by atoms with Crippen molar-refractivity contribution in [3.63, 3.8) is 0 Å². The average molecular weight is 293 g/mol. The molecule has 2 amide bonds. The number of rotatable bonds is 1. The predicted molar refractivity (Wildman–Crippen MR) is 79.4 cm³/mol. The number of carbonyl (C=O) groups is 1. The largest absolute Gasteiger partial charge is 0.424 e. The van der Waals surface area contributed by atoms with E-state index >= 15 is 0 Å². The third-order valence-corrected chi connectivity index (χ3v) is 4.55. The highest BCUT2D eigenvalue weighted by atomic mass is 19.1. The molecule has 114 valence electrons. The van der Waals surface area contributed by atoms with Crippen molar-refractivity contribution in [3.8, 4) is 0 Å². The molecule has 0 aliphatic carbocycles. The van der Waals surface area contributed by atoms with Gasteiger partial charge in [0.25, 0.3) is 0 Å². The van der Waals surface area contributed by atoms with E-state index in [0.717, 1.165) is 32.4 Å². The second-order valence-corrected chi connectivity index (χ2v) is 5.82. The topological polar surface area (TPSA) is 45.2 Å². The molecular weight excluding hydrogens is 271 g/mol. The van der Waals surface area contributed by atoms with Crippen LogP contribution in [0.4, 0.5) is 14.9 Å². The number of hydrogen-bond donors (Lipinski definition) is 1. The minimum Gasteiger partial charge on any atom is -0.313 e. The van der Waals surface area contributed by atoms with Gasteiger partial charge in [0.15, 0.2) is 5.69 Å². The molecule has 2 aliphatic rings. The first-order valence-electron chi connectivity index (χ1n) is 7.71. The van der Waals surface area contributed by atoms with Crippen molar-refractivity contribution in [1.29, 1.82) is 0 Å². The summed E-state index contributed by atoms with van der Waals surface area (Å²) in [5.41, 5.74) is 0.480. The van der Waals surface area contributed by atoms with Crippen molar-refractivity contribution in [3.05, 3.63) is 24.3 Å². The summed E-state index contributed by atoms with van der Waals surface area (Å²) in [5.74, 6) is -0.372. The van der Waals surface area contributed by atoms with Gasteiger partial charge < -0.3 is 5.32 Å². The lowest BCUT2D eigenvalue weighted by Gasteiger charge is -2.42. The van der Waals surface area contributed by atoms with Gasteiger partial charge >= 0.3 is 6.03 Å². The number of halogens is 1. The summed E-state index contributed by atoms with van der Waals surface area (Å²) in [4.78, 5) is 18.8. The fraction of sp³-hybridized carbons (Fsp3) is 0.600. The van der Waals surface area contributed by atoms with E-state index in [-0.39, 0.29) is 16.3 Å². The van der Waals surface area contributed by atoms with Crippen molar-refractivity contribution in [2.75, 3.05) is 39.3 Å². The number of carbonyl (C=O) groups excluding carboxylic acids is 1. The van der Waals surface area contributed by atoms with Gasteiger partial charge in [-0.05, 0) is 19.3 Å². The van der Waals surface area contributed by atoms with Crippen molar-refractivity contribution in [2.24, 2.45) is 0 Å². The fourth-order valence-corrected chi connectivity index (χ4v) is 3.43. The molecule has 1 aromatic heterocycles. The van der Waals surface area contributed by atoms with Crippen LogP contribution in [0.3, 0.4) is 0 Å². The first kappa shape index (κ1) is 14.4. The third kappa shape index (κ3) is 2.65. The molecule has 1 aromatic rings. The molecule has 2 aliphatic heterocycles. The Morgan fingerprint density at radius 2 is 1.95 bits per heavy atom. The summed E-state index contributed by atoms with van der Waals surface area (Å²) >= 11 is 0. The number of urea groups is 1. The van der Waals surface area contributed by atoms with Crippen LogP contribution in [0.15, 0.2) is 18.5 Å². The predicted octanol–water partition coefficient (Wildman–Crippen LogP) is 1.74. The minimum atomic E-state index is -0.372. The third-order valence-electron chi connectivity index (χ3n) is 4.55. The molecule has 21 heavy (non-hydrogen) atoms. The van der Waals surface area contributed by atoms with Crippen molar-refractivity contribution >= 4 is 11.7 Å². The van der Waals surface area contributed by atoms with Crippen LogP contribution >= 0.6 is 0 Å². The molecule has 6 heteroatoms. The van der Waals surface area contributed by atoms with Gasteiger partial charge in [-0.15, -0.1) is 0 Å². The zero-order chi connectivity index (χ0) is 14.7. The SMILES string of the molecule is O=C(N1CCNCC1)[N+]1(c2ccncc2F)CCCCC1. The highest BCUT2D eigenvalue weighted by Gasteiger charge is 2.45. The highest BCUT2D eigenvalue weighted by Crippen LogP contribution is 2.32. The minimum absolute atomic E-state index is 0.0429. The maximum atomic E-state index is 14.3. The number of piperidine rings is 1. The number of amides is 2. The highest BCUT2D eigenvalue weighted by molar-refractivity contribution is 5.87. The Morgan fingerprint density at radius 1 is 1.24 bits per heavy atom. The molecule has 0 spiro atoms. The quantitative estimate of drug-likeness (QED) is 0.802. The number of pyridine rings is 1. The Kier molecular flexibility index (Phi) is 4.17. The molecule has 2 fully saturated rings. The Labute approximate surface area is 124 Å². The van der Waals surface area contributed by atoms with Crippen molar-refractivity contribution in [1.82, 2.24) is 19.7 Å². The van der Waals surface area contributed by atoms with Gasteiger partial charge in [0, 0.05) is 38.4 Å². The number of likely N-dealkylation sites (tertiary alicyclic amines) is 1. The van der Waals surface area contributed by atoms with Crippen molar-refractivity contribution < 1.29 is 9.18 Å². The smallest absolute Gasteiger partial charge is 0.313 e. The van der Waals surface area contributed by atoms with Gasteiger partial charge in [0.1, 0.15) is 0 Å². The van der Waals surface area contributed by atoms with E-state index in [1.807, 2.05) is 4.90 Å². The number of nitrogens with one attached hydrogen (secondary N) is 1. The molecule has 0 bridgehead atoms. The Balaban J connectivity index is 1.96. The van der Waals surface area contributed by atoms with Gasteiger partial charge in [-0.2, -0.15) is 4.39 Å². The van der Waals surface area contributed by atoms with E-state index in [0.29, 0.717) is 31.9 Å². The van der Waals surface area contributed by atoms with E-state index in [2.05, 4.69) is 10.3 Å². The lowest BCUT2D eigenvalue weighted by atomic mass is 10.1.